The number of halogens is 1. The van der Waals surface area contributed by atoms with Gasteiger partial charge in [0.1, 0.15) is 11.5 Å². The molecule has 31 heavy (non-hydrogen) atoms. The molecule has 10 heteroatoms. The average molecular weight is 442 g/mol. The van der Waals surface area contributed by atoms with E-state index in [4.69, 9.17) is 16.3 Å². The molecule has 0 saturated heterocycles. The summed E-state index contributed by atoms with van der Waals surface area (Å²) < 4.78 is 7.23. The van der Waals surface area contributed by atoms with Crippen molar-refractivity contribution in [3.05, 3.63) is 48.0 Å². The van der Waals surface area contributed by atoms with Gasteiger partial charge in [0.05, 0.1) is 12.9 Å². The van der Waals surface area contributed by atoms with Crippen LogP contribution in [0.2, 0.25) is 0 Å². The maximum Gasteiger partial charge on any atom is 0.407 e. The number of unbranched alkanes of at least 4 members (excludes halogenated alkanes) is 1. The minimum Gasteiger partial charge on any atom is -0.450 e. The van der Waals surface area contributed by atoms with Crippen molar-refractivity contribution in [2.75, 3.05) is 11.9 Å². The molecule has 9 nitrogen and oxygen atoms in total. The number of aliphatic imine (C=N–C) groups is 2. The first-order valence-electron chi connectivity index (χ1n) is 10.0. The van der Waals surface area contributed by atoms with Crippen molar-refractivity contribution in [3.8, 4) is 0 Å². The van der Waals surface area contributed by atoms with Crippen LogP contribution in [0.5, 0.6) is 0 Å². The van der Waals surface area contributed by atoms with Crippen molar-refractivity contribution >= 4 is 47.0 Å². The minimum atomic E-state index is -0.992. The lowest BCUT2D eigenvalue weighted by Crippen LogP contribution is -2.33. The lowest BCUT2D eigenvalue weighted by atomic mass is 10.1. The van der Waals surface area contributed by atoms with Crippen molar-refractivity contribution in [2.24, 2.45) is 9.98 Å². The summed E-state index contributed by atoms with van der Waals surface area (Å²) in [5.41, 5.74) is 2.68. The third-order valence-electron chi connectivity index (χ3n) is 4.94. The monoisotopic (exact) mass is 441 g/mol. The van der Waals surface area contributed by atoms with Crippen LogP contribution in [0.4, 0.5) is 10.6 Å². The number of rotatable bonds is 7. The second-order valence-corrected chi connectivity index (χ2v) is 8.14. The highest BCUT2D eigenvalue weighted by molar-refractivity contribution is 6.26. The van der Waals surface area contributed by atoms with E-state index >= 15 is 0 Å². The van der Waals surface area contributed by atoms with Gasteiger partial charge in [0.2, 0.25) is 5.12 Å². The number of hydrogen-bond donors (Lipinski definition) is 3. The summed E-state index contributed by atoms with van der Waals surface area (Å²) in [5, 5.41) is 6.07. The fourth-order valence-corrected chi connectivity index (χ4v) is 3.60. The molecule has 1 aliphatic heterocycles. The van der Waals surface area contributed by atoms with Gasteiger partial charge in [-0.2, -0.15) is 0 Å². The Balaban J connectivity index is 1.19. The van der Waals surface area contributed by atoms with Gasteiger partial charge in [0, 0.05) is 24.8 Å². The molecule has 3 N–H and O–H groups in total. The molecule has 4 rings (SSSR count). The van der Waals surface area contributed by atoms with Crippen LogP contribution in [-0.2, 0) is 17.8 Å². The second kappa shape index (κ2) is 8.81. The summed E-state index contributed by atoms with van der Waals surface area (Å²) >= 11 is 6.32. The maximum atomic E-state index is 11.9. The van der Waals surface area contributed by atoms with E-state index in [1.54, 1.807) is 13.3 Å². The molecule has 162 valence electrons. The van der Waals surface area contributed by atoms with Crippen LogP contribution >= 0.6 is 11.6 Å². The number of alkyl halides is 1. The van der Waals surface area contributed by atoms with Gasteiger partial charge in [0.15, 0.2) is 5.84 Å². The molecule has 2 aromatic heterocycles. The molecular weight excluding hydrogens is 418 g/mol. The number of hydrogen-bond acceptors (Lipinski definition) is 6. The predicted molar refractivity (Wildman–Crippen MR) is 122 cm³/mol. The molecule has 1 aromatic carbocycles. The first-order chi connectivity index (χ1) is 14.9. The number of carbonyl (C=O) groups is 1. The number of fused-ring (bicyclic) bond motifs is 2. The Morgan fingerprint density at radius 3 is 3.10 bits per heavy atom. The molecule has 3 aromatic rings. The van der Waals surface area contributed by atoms with Crippen LogP contribution < -0.4 is 10.6 Å². The molecule has 0 aliphatic carbocycles. The Morgan fingerprint density at radius 1 is 1.39 bits per heavy atom. The maximum absolute atomic E-state index is 11.9. The molecule has 0 radical (unpaired) electrons. The van der Waals surface area contributed by atoms with E-state index in [2.05, 4.69) is 37.3 Å². The highest BCUT2D eigenvalue weighted by Crippen LogP contribution is 2.30. The van der Waals surface area contributed by atoms with E-state index in [0.717, 1.165) is 28.7 Å². The van der Waals surface area contributed by atoms with Crippen molar-refractivity contribution in [3.63, 3.8) is 0 Å². The number of imidazole rings is 1. The Bertz CT molecular complexity index is 1130. The quantitative estimate of drug-likeness (QED) is 0.224. The number of alkyl carbamates (subject to hydrolysis) is 1. The number of amides is 1. The molecule has 0 bridgehead atoms. The minimum absolute atomic E-state index is 0.333. The molecule has 1 unspecified atom stereocenters. The number of nitrogens with zero attached hydrogens (tertiary/aromatic N) is 4. The number of amidine groups is 1. The number of H-pyrrole nitrogens is 1. The van der Waals surface area contributed by atoms with E-state index in [-0.39, 0.29) is 0 Å². The fraction of sp³-hybridized carbons (Fsp3) is 0.333. The van der Waals surface area contributed by atoms with Crippen LogP contribution in [0.1, 0.15) is 31.0 Å². The lowest BCUT2D eigenvalue weighted by molar-refractivity contribution is 0.143. The third kappa shape index (κ3) is 4.88. The van der Waals surface area contributed by atoms with Gasteiger partial charge in [-0.3, -0.25) is 0 Å². The first-order valence-corrected chi connectivity index (χ1v) is 10.4. The average Bonchev–Trinajstić information content (AvgIpc) is 3.37. The highest BCUT2D eigenvalue weighted by Gasteiger charge is 2.31. The van der Waals surface area contributed by atoms with Crippen molar-refractivity contribution in [1.82, 2.24) is 19.9 Å². The SMILES string of the molecule is C=NC1=NC(C)(Cl)Nc2c1ncn2CCCCOC(=O)NCc1ccc2cc[nH]c2c1. The molecule has 0 saturated carbocycles. The number of carbonyl (C=O) groups excluding carboxylic acids is 1. The van der Waals surface area contributed by atoms with E-state index < -0.39 is 11.2 Å². The topological polar surface area (TPSA) is 109 Å². The Morgan fingerprint density at radius 2 is 2.26 bits per heavy atom. The van der Waals surface area contributed by atoms with Gasteiger partial charge in [-0.15, -0.1) is 0 Å². The second-order valence-electron chi connectivity index (χ2n) is 7.40. The number of ether oxygens (including phenoxy) is 1. The van der Waals surface area contributed by atoms with E-state index in [1.165, 1.54) is 0 Å². The van der Waals surface area contributed by atoms with Crippen LogP contribution in [0, 0.1) is 0 Å². The molecule has 3 heterocycles. The van der Waals surface area contributed by atoms with E-state index in [0.29, 0.717) is 37.6 Å². The number of anilines is 1. The van der Waals surface area contributed by atoms with Crippen LogP contribution in [0.3, 0.4) is 0 Å². The number of aryl methyl sites for hydroxylation is 1. The van der Waals surface area contributed by atoms with Crippen molar-refractivity contribution < 1.29 is 9.53 Å². The van der Waals surface area contributed by atoms with E-state index in [1.807, 2.05) is 35.0 Å². The molecule has 1 amide bonds. The highest BCUT2D eigenvalue weighted by atomic mass is 35.5. The number of nitrogens with one attached hydrogen (secondary N) is 3. The summed E-state index contributed by atoms with van der Waals surface area (Å²) in [6.07, 6.45) is 4.69. The summed E-state index contributed by atoms with van der Waals surface area (Å²) in [7, 11) is 0. The van der Waals surface area contributed by atoms with Gasteiger partial charge in [-0.25, -0.2) is 19.8 Å². The number of aromatic amines is 1. The lowest BCUT2D eigenvalue weighted by Gasteiger charge is -2.26. The Kier molecular flexibility index (Phi) is 5.94. The van der Waals surface area contributed by atoms with E-state index in [9.17, 15) is 4.79 Å². The smallest absolute Gasteiger partial charge is 0.407 e. The summed E-state index contributed by atoms with van der Waals surface area (Å²) in [5.74, 6) is 1.17. The number of aromatic nitrogens is 3. The third-order valence-corrected chi connectivity index (χ3v) is 5.12. The van der Waals surface area contributed by atoms with Crippen molar-refractivity contribution in [2.45, 2.75) is 38.0 Å². The van der Waals surface area contributed by atoms with Gasteiger partial charge < -0.3 is 24.9 Å². The van der Waals surface area contributed by atoms with Gasteiger partial charge >= 0.3 is 6.09 Å². The Hall–Kier alpha value is -3.33. The largest absolute Gasteiger partial charge is 0.450 e. The number of benzene rings is 1. The van der Waals surface area contributed by atoms with Gasteiger partial charge in [-0.05, 0) is 49.6 Å². The normalized spacial score (nSPS) is 17.5. The van der Waals surface area contributed by atoms with Gasteiger partial charge in [-0.1, -0.05) is 23.7 Å². The molecule has 1 aliphatic rings. The summed E-state index contributed by atoms with van der Waals surface area (Å²) in [4.78, 5) is 27.6. The zero-order valence-corrected chi connectivity index (χ0v) is 17.9. The fourth-order valence-electron chi connectivity index (χ4n) is 3.43. The summed E-state index contributed by atoms with van der Waals surface area (Å²) in [6.45, 7) is 6.71. The van der Waals surface area contributed by atoms with Crippen LogP contribution in [0.25, 0.3) is 10.9 Å². The zero-order valence-electron chi connectivity index (χ0n) is 17.2. The van der Waals surface area contributed by atoms with Crippen LogP contribution in [0.15, 0.2) is 46.8 Å². The molecule has 0 spiro atoms. The van der Waals surface area contributed by atoms with Crippen molar-refractivity contribution in [1.29, 1.82) is 0 Å². The predicted octanol–water partition coefficient (Wildman–Crippen LogP) is 3.86. The zero-order chi connectivity index (χ0) is 21.8. The first kappa shape index (κ1) is 20.9. The standard InChI is InChI=1S/C21H24ClN7O2/c1-21(22)27-18(23-2)17-19(28-21)29(13-26-17)9-3-4-10-31-20(30)25-12-14-5-6-15-7-8-24-16(15)11-14/h5-8,11,13,24,28H,2-4,9-10,12H2,1H3,(H,25,30). The molecule has 1 atom stereocenters. The van der Waals surface area contributed by atoms with Gasteiger partial charge in [0.25, 0.3) is 0 Å². The van der Waals surface area contributed by atoms with Crippen LogP contribution in [-0.4, -0.2) is 44.9 Å². The Labute approximate surface area is 184 Å². The molecular formula is C21H24ClN7O2. The molecule has 0 fully saturated rings. The summed E-state index contributed by atoms with van der Waals surface area (Å²) in [6, 6.07) is 8.03.